The Hall–Kier alpha value is -2.12. The molecule has 1 saturated heterocycles. The molecule has 4 rings (SSSR count). The molecule has 0 unspecified atom stereocenters. The zero-order chi connectivity index (χ0) is 20.4. The first kappa shape index (κ1) is 20.2. The second-order valence-electron chi connectivity index (χ2n) is 6.64. The molecule has 0 bridgehead atoms. The first-order chi connectivity index (χ1) is 14.1. The highest BCUT2D eigenvalue weighted by Gasteiger charge is 2.41. The molecule has 1 fully saturated rings. The topological polar surface area (TPSA) is 50.5 Å². The monoisotopic (exact) mass is 447 g/mol. The van der Waals surface area contributed by atoms with Gasteiger partial charge in [0.15, 0.2) is 5.11 Å². The number of benzene rings is 1. The normalized spacial score (nSPS) is 18.9. The van der Waals surface area contributed by atoms with E-state index in [9.17, 15) is 0 Å². The van der Waals surface area contributed by atoms with Crippen molar-refractivity contribution in [2.24, 2.45) is 0 Å². The number of furan rings is 1. The standard InChI is InChI=1S/C21H19Cl2N3O2S/c1-27-11-10-26-20(19(25-21(26)29)16-4-2-3-9-24-16)18-8-7-17(28-18)13-5-6-14(22)15(23)12-13/h2-9,12,19-20H,10-11H2,1H3,(H,25,29)/t19-,20+/m1/s1. The number of thiocarbonyl (C=S) groups is 1. The van der Waals surface area contributed by atoms with Crippen LogP contribution in [0.2, 0.25) is 10.0 Å². The molecule has 2 aromatic heterocycles. The minimum atomic E-state index is -0.149. The molecule has 8 heteroatoms. The number of aromatic nitrogens is 1. The maximum absolute atomic E-state index is 6.25. The second kappa shape index (κ2) is 8.71. The van der Waals surface area contributed by atoms with Gasteiger partial charge in [0.05, 0.1) is 28.4 Å². The van der Waals surface area contributed by atoms with Gasteiger partial charge in [0.2, 0.25) is 0 Å². The summed E-state index contributed by atoms with van der Waals surface area (Å²) in [5.41, 5.74) is 1.75. The van der Waals surface area contributed by atoms with Crippen molar-refractivity contribution in [2.75, 3.05) is 20.3 Å². The van der Waals surface area contributed by atoms with Gasteiger partial charge in [-0.15, -0.1) is 0 Å². The van der Waals surface area contributed by atoms with Crippen LogP contribution in [0.15, 0.2) is 59.1 Å². The highest BCUT2D eigenvalue weighted by atomic mass is 35.5. The van der Waals surface area contributed by atoms with Gasteiger partial charge >= 0.3 is 0 Å². The molecule has 1 aliphatic heterocycles. The third kappa shape index (κ3) is 4.12. The van der Waals surface area contributed by atoms with Crippen molar-refractivity contribution in [3.8, 4) is 11.3 Å². The summed E-state index contributed by atoms with van der Waals surface area (Å²) in [5.74, 6) is 1.49. The number of hydrogen-bond donors (Lipinski definition) is 1. The van der Waals surface area contributed by atoms with E-state index in [-0.39, 0.29) is 12.1 Å². The minimum Gasteiger partial charge on any atom is -0.459 e. The van der Waals surface area contributed by atoms with Crippen molar-refractivity contribution >= 4 is 40.5 Å². The molecule has 1 aromatic carbocycles. The molecule has 0 radical (unpaired) electrons. The Labute approximate surface area is 184 Å². The van der Waals surface area contributed by atoms with Gasteiger partial charge in [0.1, 0.15) is 17.6 Å². The lowest BCUT2D eigenvalue weighted by molar-refractivity contribution is 0.158. The van der Waals surface area contributed by atoms with Crippen molar-refractivity contribution in [3.05, 3.63) is 76.2 Å². The average Bonchev–Trinajstić information content (AvgIpc) is 3.34. The van der Waals surface area contributed by atoms with Gasteiger partial charge < -0.3 is 19.4 Å². The SMILES string of the molecule is COCCN1C(=S)N[C@H](c2ccccn2)[C@@H]1c1ccc(-c2ccc(Cl)c(Cl)c2)o1. The van der Waals surface area contributed by atoms with Crippen LogP contribution in [0, 0.1) is 0 Å². The lowest BCUT2D eigenvalue weighted by atomic mass is 10.0. The van der Waals surface area contributed by atoms with Gasteiger partial charge in [-0.1, -0.05) is 29.3 Å². The van der Waals surface area contributed by atoms with Gasteiger partial charge in [0.25, 0.3) is 0 Å². The predicted molar refractivity (Wildman–Crippen MR) is 118 cm³/mol. The fourth-order valence-electron chi connectivity index (χ4n) is 3.46. The molecule has 150 valence electrons. The first-order valence-corrected chi connectivity index (χ1v) is 10.3. The summed E-state index contributed by atoms with van der Waals surface area (Å²) < 4.78 is 11.5. The van der Waals surface area contributed by atoms with Crippen LogP contribution >= 0.6 is 35.4 Å². The van der Waals surface area contributed by atoms with Crippen molar-refractivity contribution < 1.29 is 9.15 Å². The summed E-state index contributed by atoms with van der Waals surface area (Å²) in [6.45, 7) is 1.19. The summed E-state index contributed by atoms with van der Waals surface area (Å²) in [5, 5.41) is 5.03. The predicted octanol–water partition coefficient (Wildman–Crippen LogP) is 5.27. The number of pyridine rings is 1. The summed E-state index contributed by atoms with van der Waals surface area (Å²) in [4.78, 5) is 6.60. The van der Waals surface area contributed by atoms with E-state index in [4.69, 9.17) is 44.6 Å². The largest absolute Gasteiger partial charge is 0.459 e. The maximum Gasteiger partial charge on any atom is 0.170 e. The Bertz CT molecular complexity index is 1010. The second-order valence-corrected chi connectivity index (χ2v) is 7.84. The van der Waals surface area contributed by atoms with E-state index in [0.29, 0.717) is 34.1 Å². The van der Waals surface area contributed by atoms with E-state index in [1.54, 1.807) is 25.4 Å². The average molecular weight is 448 g/mol. The van der Waals surface area contributed by atoms with Gasteiger partial charge in [-0.25, -0.2) is 0 Å². The van der Waals surface area contributed by atoms with Crippen LogP contribution in [0.3, 0.4) is 0 Å². The van der Waals surface area contributed by atoms with E-state index < -0.39 is 0 Å². The van der Waals surface area contributed by atoms with Crippen LogP contribution in [0.4, 0.5) is 0 Å². The molecule has 2 atom stereocenters. The number of nitrogens with one attached hydrogen (secondary N) is 1. The Morgan fingerprint density at radius 3 is 2.76 bits per heavy atom. The molecule has 1 aliphatic rings. The van der Waals surface area contributed by atoms with Crippen molar-refractivity contribution in [3.63, 3.8) is 0 Å². The van der Waals surface area contributed by atoms with Gasteiger partial charge in [-0.3, -0.25) is 4.98 Å². The Balaban J connectivity index is 1.71. The highest BCUT2D eigenvalue weighted by molar-refractivity contribution is 7.80. The van der Waals surface area contributed by atoms with Crippen molar-refractivity contribution in [2.45, 2.75) is 12.1 Å². The molecule has 29 heavy (non-hydrogen) atoms. The van der Waals surface area contributed by atoms with Crippen LogP contribution in [-0.4, -0.2) is 35.3 Å². The van der Waals surface area contributed by atoms with Crippen LogP contribution in [0.25, 0.3) is 11.3 Å². The number of halogens is 2. The lowest BCUT2D eigenvalue weighted by Gasteiger charge is -2.25. The lowest BCUT2D eigenvalue weighted by Crippen LogP contribution is -2.32. The van der Waals surface area contributed by atoms with Crippen LogP contribution in [-0.2, 0) is 4.74 Å². The summed E-state index contributed by atoms with van der Waals surface area (Å²) >= 11 is 17.8. The third-order valence-electron chi connectivity index (χ3n) is 4.86. The number of nitrogens with zero attached hydrogens (tertiary/aromatic N) is 2. The molecular formula is C21H19Cl2N3O2S. The zero-order valence-electron chi connectivity index (χ0n) is 15.6. The van der Waals surface area contributed by atoms with Crippen LogP contribution in [0.5, 0.6) is 0 Å². The summed E-state index contributed by atoms with van der Waals surface area (Å²) in [6.07, 6.45) is 1.78. The van der Waals surface area contributed by atoms with Crippen LogP contribution in [0.1, 0.15) is 23.5 Å². The van der Waals surface area contributed by atoms with Gasteiger partial charge in [0, 0.05) is 25.4 Å². The fourth-order valence-corrected chi connectivity index (χ4v) is 4.09. The van der Waals surface area contributed by atoms with Crippen molar-refractivity contribution in [1.82, 2.24) is 15.2 Å². The van der Waals surface area contributed by atoms with Crippen molar-refractivity contribution in [1.29, 1.82) is 0 Å². The highest BCUT2D eigenvalue weighted by Crippen LogP contribution is 2.40. The number of rotatable bonds is 6. The quantitative estimate of drug-likeness (QED) is 0.519. The Kier molecular flexibility index (Phi) is 6.06. The molecule has 3 aromatic rings. The minimum absolute atomic E-state index is 0.131. The zero-order valence-corrected chi connectivity index (χ0v) is 18.0. The van der Waals surface area contributed by atoms with E-state index in [2.05, 4.69) is 15.2 Å². The molecule has 0 amide bonds. The van der Waals surface area contributed by atoms with E-state index in [1.165, 1.54) is 0 Å². The Morgan fingerprint density at radius 1 is 1.17 bits per heavy atom. The molecule has 0 saturated carbocycles. The molecule has 1 N–H and O–H groups in total. The summed E-state index contributed by atoms with van der Waals surface area (Å²) in [7, 11) is 1.67. The number of methoxy groups -OCH3 is 1. The van der Waals surface area contributed by atoms with Gasteiger partial charge in [-0.2, -0.15) is 0 Å². The molecule has 0 spiro atoms. The first-order valence-electron chi connectivity index (χ1n) is 9.10. The number of ether oxygens (including phenoxy) is 1. The van der Waals surface area contributed by atoms with E-state index >= 15 is 0 Å². The van der Waals surface area contributed by atoms with E-state index in [1.807, 2.05) is 36.4 Å². The fraction of sp³-hybridized carbons (Fsp3) is 0.238. The van der Waals surface area contributed by atoms with E-state index in [0.717, 1.165) is 17.0 Å². The third-order valence-corrected chi connectivity index (χ3v) is 5.95. The summed E-state index contributed by atoms with van der Waals surface area (Å²) in [6, 6.07) is 14.9. The Morgan fingerprint density at radius 2 is 2.03 bits per heavy atom. The van der Waals surface area contributed by atoms with Gasteiger partial charge in [-0.05, 0) is 54.7 Å². The molecule has 5 nitrogen and oxygen atoms in total. The molecule has 0 aliphatic carbocycles. The molecular weight excluding hydrogens is 429 g/mol. The maximum atomic E-state index is 6.25. The van der Waals surface area contributed by atoms with Crippen LogP contribution < -0.4 is 5.32 Å². The molecule has 3 heterocycles. The number of hydrogen-bond acceptors (Lipinski definition) is 4. The smallest absolute Gasteiger partial charge is 0.170 e.